The van der Waals surface area contributed by atoms with E-state index in [2.05, 4.69) is 0 Å². The van der Waals surface area contributed by atoms with Crippen LogP contribution in [0.3, 0.4) is 0 Å². The highest BCUT2D eigenvalue weighted by Crippen LogP contribution is 2.27. The third kappa shape index (κ3) is 4.09. The summed E-state index contributed by atoms with van der Waals surface area (Å²) in [5, 5.41) is 0.555. The third-order valence-corrected chi connectivity index (χ3v) is 6.60. The first-order valence-electron chi connectivity index (χ1n) is 8.33. The molecule has 1 aliphatic rings. The van der Waals surface area contributed by atoms with Gasteiger partial charge in [-0.25, -0.2) is 8.42 Å². The molecule has 2 aromatic carbocycles. The van der Waals surface area contributed by atoms with E-state index in [1.807, 2.05) is 0 Å². The van der Waals surface area contributed by atoms with Crippen molar-refractivity contribution in [1.82, 2.24) is 4.31 Å². The van der Waals surface area contributed by atoms with Gasteiger partial charge in [0.2, 0.25) is 10.0 Å². The van der Waals surface area contributed by atoms with Crippen LogP contribution in [0.1, 0.15) is 28.8 Å². The minimum absolute atomic E-state index is 0.142. The third-order valence-electron chi connectivity index (χ3n) is 4.50. The summed E-state index contributed by atoms with van der Waals surface area (Å²) in [5.74, 6) is 0.335. The average Bonchev–Trinajstić information content (AvgIpc) is 3.14. The van der Waals surface area contributed by atoms with E-state index in [0.29, 0.717) is 41.3 Å². The Kier molecular flexibility index (Phi) is 5.65. The smallest absolute Gasteiger partial charge is 0.218 e. The Balaban J connectivity index is 1.79. The highest BCUT2D eigenvalue weighted by molar-refractivity contribution is 7.88. The number of Topliss-reactive ketones (excluding diaryl/α,β-unsaturated/α-hetero) is 1. The SMILES string of the molecule is COc1ccc(C(=O)C2CCCN2S(=O)(=O)Cc2ccc(Cl)cc2)cc1. The van der Waals surface area contributed by atoms with Gasteiger partial charge in [0.25, 0.3) is 0 Å². The average molecular weight is 394 g/mol. The minimum Gasteiger partial charge on any atom is -0.497 e. The molecule has 0 saturated carbocycles. The summed E-state index contributed by atoms with van der Waals surface area (Å²) in [7, 11) is -2.04. The molecular formula is C19H20ClNO4S. The fourth-order valence-corrected chi connectivity index (χ4v) is 5.06. The largest absolute Gasteiger partial charge is 0.497 e. The zero-order chi connectivity index (χ0) is 18.7. The maximum atomic E-state index is 12.9. The lowest BCUT2D eigenvalue weighted by atomic mass is 10.0. The summed E-state index contributed by atoms with van der Waals surface area (Å²) in [6.45, 7) is 0.364. The van der Waals surface area contributed by atoms with Crippen LogP contribution in [0.2, 0.25) is 5.02 Å². The number of sulfonamides is 1. The normalized spacial score (nSPS) is 18.0. The van der Waals surface area contributed by atoms with Crippen LogP contribution in [-0.2, 0) is 15.8 Å². The van der Waals surface area contributed by atoms with Crippen molar-refractivity contribution in [3.05, 3.63) is 64.7 Å². The molecule has 1 heterocycles. The zero-order valence-electron chi connectivity index (χ0n) is 14.4. The lowest BCUT2D eigenvalue weighted by Gasteiger charge is -2.23. The van der Waals surface area contributed by atoms with Crippen LogP contribution in [0.15, 0.2) is 48.5 Å². The standard InChI is InChI=1S/C19H20ClNO4S/c1-25-17-10-6-15(7-11-17)19(22)18-3-2-12-21(18)26(23,24)13-14-4-8-16(20)9-5-14/h4-11,18H,2-3,12-13H2,1H3. The summed E-state index contributed by atoms with van der Waals surface area (Å²) in [5.41, 5.74) is 1.14. The molecule has 3 rings (SSSR count). The molecule has 1 saturated heterocycles. The van der Waals surface area contributed by atoms with Crippen LogP contribution in [0.4, 0.5) is 0 Å². The highest BCUT2D eigenvalue weighted by Gasteiger charge is 2.38. The van der Waals surface area contributed by atoms with Gasteiger partial charge in [-0.1, -0.05) is 23.7 Å². The Labute approximate surface area is 158 Å². The highest BCUT2D eigenvalue weighted by atomic mass is 35.5. The van der Waals surface area contributed by atoms with Crippen molar-refractivity contribution < 1.29 is 17.9 Å². The van der Waals surface area contributed by atoms with Gasteiger partial charge in [-0.05, 0) is 54.8 Å². The number of ether oxygens (including phenoxy) is 1. The van der Waals surface area contributed by atoms with Gasteiger partial charge in [0.15, 0.2) is 5.78 Å². The van der Waals surface area contributed by atoms with E-state index in [1.54, 1.807) is 55.6 Å². The molecule has 0 spiro atoms. The van der Waals surface area contributed by atoms with Crippen molar-refractivity contribution in [2.75, 3.05) is 13.7 Å². The Morgan fingerprint density at radius 1 is 1.15 bits per heavy atom. The molecule has 0 aromatic heterocycles. The molecule has 1 unspecified atom stereocenters. The second-order valence-corrected chi connectivity index (χ2v) is 8.60. The maximum absolute atomic E-state index is 12.9. The Bertz CT molecular complexity index is 879. The monoisotopic (exact) mass is 393 g/mol. The summed E-state index contributed by atoms with van der Waals surface area (Å²) in [6, 6.07) is 12.8. The summed E-state index contributed by atoms with van der Waals surface area (Å²) in [4.78, 5) is 12.8. The van der Waals surface area contributed by atoms with Crippen LogP contribution >= 0.6 is 11.6 Å². The van der Waals surface area contributed by atoms with Crippen LogP contribution < -0.4 is 4.74 Å². The molecule has 1 atom stereocenters. The zero-order valence-corrected chi connectivity index (χ0v) is 16.0. The Hall–Kier alpha value is -1.89. The lowest BCUT2D eigenvalue weighted by molar-refractivity contribution is 0.0918. The molecule has 5 nitrogen and oxygen atoms in total. The molecule has 1 aliphatic heterocycles. The second-order valence-electron chi connectivity index (χ2n) is 6.24. The van der Waals surface area contributed by atoms with E-state index in [4.69, 9.17) is 16.3 Å². The molecule has 2 aromatic rings. The molecular weight excluding hydrogens is 374 g/mol. The number of hydrogen-bond acceptors (Lipinski definition) is 4. The Morgan fingerprint density at radius 3 is 2.42 bits per heavy atom. The number of hydrogen-bond donors (Lipinski definition) is 0. The van der Waals surface area contributed by atoms with E-state index in [1.165, 1.54) is 4.31 Å². The lowest BCUT2D eigenvalue weighted by Crippen LogP contribution is -2.41. The number of halogens is 1. The fraction of sp³-hybridized carbons (Fsp3) is 0.316. The van der Waals surface area contributed by atoms with Gasteiger partial charge < -0.3 is 4.74 Å². The number of carbonyl (C=O) groups excluding carboxylic acids is 1. The molecule has 1 fully saturated rings. The van der Waals surface area contributed by atoms with Gasteiger partial charge in [-0.15, -0.1) is 0 Å². The molecule has 138 valence electrons. The number of nitrogens with zero attached hydrogens (tertiary/aromatic N) is 1. The first-order valence-corrected chi connectivity index (χ1v) is 10.3. The second kappa shape index (κ2) is 7.78. The predicted octanol–water partition coefficient (Wildman–Crippen LogP) is 3.53. The quantitative estimate of drug-likeness (QED) is 0.704. The predicted molar refractivity (Wildman–Crippen MR) is 101 cm³/mol. The van der Waals surface area contributed by atoms with Crippen LogP contribution in [0.5, 0.6) is 5.75 Å². The van der Waals surface area contributed by atoms with Gasteiger partial charge in [0.05, 0.1) is 18.9 Å². The van der Waals surface area contributed by atoms with E-state index in [9.17, 15) is 13.2 Å². The maximum Gasteiger partial charge on any atom is 0.218 e. The summed E-state index contributed by atoms with van der Waals surface area (Å²) in [6.07, 6.45) is 1.21. The molecule has 26 heavy (non-hydrogen) atoms. The first-order chi connectivity index (χ1) is 12.4. The van der Waals surface area contributed by atoms with E-state index in [-0.39, 0.29) is 11.5 Å². The van der Waals surface area contributed by atoms with Gasteiger partial charge >= 0.3 is 0 Å². The molecule has 0 radical (unpaired) electrons. The first kappa shape index (κ1) is 18.9. The van der Waals surface area contributed by atoms with Crippen molar-refractivity contribution in [2.24, 2.45) is 0 Å². The van der Waals surface area contributed by atoms with E-state index in [0.717, 1.165) is 0 Å². The summed E-state index contributed by atoms with van der Waals surface area (Å²) < 4.78 is 32.1. The molecule has 0 aliphatic carbocycles. The van der Waals surface area contributed by atoms with Crippen LogP contribution in [0, 0.1) is 0 Å². The van der Waals surface area contributed by atoms with Crippen LogP contribution in [0.25, 0.3) is 0 Å². The molecule has 0 bridgehead atoms. The molecule has 7 heteroatoms. The summed E-state index contributed by atoms with van der Waals surface area (Å²) >= 11 is 5.85. The van der Waals surface area contributed by atoms with Crippen molar-refractivity contribution in [1.29, 1.82) is 0 Å². The van der Waals surface area contributed by atoms with Gasteiger partial charge in [-0.2, -0.15) is 4.31 Å². The van der Waals surface area contributed by atoms with Gasteiger partial charge in [-0.3, -0.25) is 4.79 Å². The fourth-order valence-electron chi connectivity index (χ4n) is 3.16. The minimum atomic E-state index is -3.60. The van der Waals surface area contributed by atoms with Crippen molar-refractivity contribution in [3.63, 3.8) is 0 Å². The molecule has 0 N–H and O–H groups in total. The van der Waals surface area contributed by atoms with Gasteiger partial charge in [0.1, 0.15) is 5.75 Å². The van der Waals surface area contributed by atoms with Crippen LogP contribution in [-0.4, -0.2) is 38.2 Å². The number of benzene rings is 2. The van der Waals surface area contributed by atoms with Crippen molar-refractivity contribution in [2.45, 2.75) is 24.6 Å². The Morgan fingerprint density at radius 2 is 1.81 bits per heavy atom. The van der Waals surface area contributed by atoms with E-state index >= 15 is 0 Å². The number of ketones is 1. The van der Waals surface area contributed by atoms with Gasteiger partial charge in [0, 0.05) is 17.1 Å². The number of methoxy groups -OCH3 is 1. The van der Waals surface area contributed by atoms with E-state index < -0.39 is 16.1 Å². The van der Waals surface area contributed by atoms with Crippen molar-refractivity contribution >= 4 is 27.4 Å². The molecule has 0 amide bonds. The number of carbonyl (C=O) groups is 1. The van der Waals surface area contributed by atoms with Crippen molar-refractivity contribution in [3.8, 4) is 5.75 Å². The topological polar surface area (TPSA) is 63.7 Å². The number of rotatable bonds is 6.